The van der Waals surface area contributed by atoms with Crippen molar-refractivity contribution in [1.82, 2.24) is 10.6 Å². The molecule has 3 atom stereocenters. The third-order valence-electron chi connectivity index (χ3n) is 2.74. The van der Waals surface area contributed by atoms with E-state index in [2.05, 4.69) is 17.2 Å². The summed E-state index contributed by atoms with van der Waals surface area (Å²) in [6.45, 7) is 8.12. The van der Waals surface area contributed by atoms with Crippen LogP contribution < -0.4 is 10.6 Å². The van der Waals surface area contributed by atoms with Gasteiger partial charge in [0.05, 0.1) is 18.6 Å². The molecule has 0 aromatic heterocycles. The van der Waals surface area contributed by atoms with Crippen molar-refractivity contribution < 1.29 is 24.6 Å². The third-order valence-corrected chi connectivity index (χ3v) is 2.74. The zero-order valence-corrected chi connectivity index (χ0v) is 12.0. The van der Waals surface area contributed by atoms with E-state index in [1.807, 2.05) is 6.92 Å². The Bertz CT molecular complexity index is 392. The SMILES string of the molecule is C=C(CC)N[C@H](C(=O)N[C@@H](CC(=O)O)C(C)=O)C(C)O. The number of rotatable bonds is 9. The third kappa shape index (κ3) is 6.33. The molecule has 4 N–H and O–H groups in total. The second-order valence-corrected chi connectivity index (χ2v) is 4.59. The zero-order valence-electron chi connectivity index (χ0n) is 12.0. The van der Waals surface area contributed by atoms with E-state index in [9.17, 15) is 19.5 Å². The van der Waals surface area contributed by atoms with Crippen LogP contribution in [0.5, 0.6) is 0 Å². The topological polar surface area (TPSA) is 116 Å². The molecule has 0 saturated heterocycles. The summed E-state index contributed by atoms with van der Waals surface area (Å²) in [5.74, 6) is -2.29. The van der Waals surface area contributed by atoms with Gasteiger partial charge in [-0.05, 0) is 20.3 Å². The van der Waals surface area contributed by atoms with E-state index in [1.54, 1.807) is 0 Å². The van der Waals surface area contributed by atoms with E-state index in [0.29, 0.717) is 12.1 Å². The van der Waals surface area contributed by atoms with Crippen LogP contribution in [0, 0.1) is 0 Å². The highest BCUT2D eigenvalue weighted by Gasteiger charge is 2.28. The van der Waals surface area contributed by atoms with Crippen LogP contribution in [0.1, 0.15) is 33.6 Å². The molecular formula is C13H22N2O5. The molecule has 0 aliphatic heterocycles. The number of ketones is 1. The summed E-state index contributed by atoms with van der Waals surface area (Å²) in [5, 5.41) is 23.4. The number of carboxylic acid groups (broad SMARTS) is 1. The molecule has 1 unspecified atom stereocenters. The van der Waals surface area contributed by atoms with Gasteiger partial charge in [-0.2, -0.15) is 0 Å². The summed E-state index contributed by atoms with van der Waals surface area (Å²) < 4.78 is 0. The number of aliphatic carboxylic acids is 1. The highest BCUT2D eigenvalue weighted by Crippen LogP contribution is 2.02. The maximum atomic E-state index is 12.0. The average Bonchev–Trinajstić information content (AvgIpc) is 2.33. The number of nitrogens with one attached hydrogen (secondary N) is 2. The van der Waals surface area contributed by atoms with Crippen molar-refractivity contribution in [2.24, 2.45) is 0 Å². The number of Topliss-reactive ketones (excluding diaryl/α,β-unsaturated/α-hetero) is 1. The van der Waals surface area contributed by atoms with Crippen LogP contribution in [0.3, 0.4) is 0 Å². The lowest BCUT2D eigenvalue weighted by Crippen LogP contribution is -2.54. The summed E-state index contributed by atoms with van der Waals surface area (Å²) in [5.41, 5.74) is 0.559. The Balaban J connectivity index is 4.84. The normalized spacial score (nSPS) is 14.8. The summed E-state index contributed by atoms with van der Waals surface area (Å²) in [4.78, 5) is 34.0. The van der Waals surface area contributed by atoms with Crippen molar-refractivity contribution in [1.29, 1.82) is 0 Å². The van der Waals surface area contributed by atoms with Crippen molar-refractivity contribution in [2.75, 3.05) is 0 Å². The molecule has 0 aromatic carbocycles. The maximum Gasteiger partial charge on any atom is 0.305 e. The minimum absolute atomic E-state index is 0.459. The van der Waals surface area contributed by atoms with Gasteiger partial charge in [0.2, 0.25) is 5.91 Å². The first kappa shape index (κ1) is 18.1. The first-order valence-electron chi connectivity index (χ1n) is 6.34. The van der Waals surface area contributed by atoms with Crippen molar-refractivity contribution >= 4 is 17.7 Å². The van der Waals surface area contributed by atoms with Crippen LogP contribution in [-0.2, 0) is 14.4 Å². The maximum absolute atomic E-state index is 12.0. The van der Waals surface area contributed by atoms with Crippen LogP contribution in [0.2, 0.25) is 0 Å². The van der Waals surface area contributed by atoms with Gasteiger partial charge < -0.3 is 20.8 Å². The van der Waals surface area contributed by atoms with Crippen LogP contribution in [0.15, 0.2) is 12.3 Å². The Morgan fingerprint density at radius 3 is 2.15 bits per heavy atom. The highest BCUT2D eigenvalue weighted by atomic mass is 16.4. The number of aliphatic hydroxyl groups excluding tert-OH is 1. The van der Waals surface area contributed by atoms with Crippen molar-refractivity contribution in [3.8, 4) is 0 Å². The van der Waals surface area contributed by atoms with Gasteiger partial charge in [-0.15, -0.1) is 0 Å². The fraction of sp³-hybridized carbons (Fsp3) is 0.615. The van der Waals surface area contributed by atoms with E-state index < -0.39 is 42.3 Å². The molecule has 0 heterocycles. The largest absolute Gasteiger partial charge is 0.481 e. The molecule has 0 saturated carbocycles. The molecule has 0 aliphatic rings. The number of hydrogen-bond donors (Lipinski definition) is 4. The van der Waals surface area contributed by atoms with E-state index in [1.165, 1.54) is 13.8 Å². The molecule has 7 nitrogen and oxygen atoms in total. The van der Waals surface area contributed by atoms with Gasteiger partial charge in [0.15, 0.2) is 5.78 Å². The van der Waals surface area contributed by atoms with Gasteiger partial charge in [0.1, 0.15) is 6.04 Å². The number of hydrogen-bond acceptors (Lipinski definition) is 5. The number of allylic oxidation sites excluding steroid dienone is 1. The second-order valence-electron chi connectivity index (χ2n) is 4.59. The summed E-state index contributed by atoms with van der Waals surface area (Å²) in [6, 6.07) is -2.10. The number of carbonyl (C=O) groups is 3. The van der Waals surface area contributed by atoms with Gasteiger partial charge >= 0.3 is 5.97 Å². The van der Waals surface area contributed by atoms with Gasteiger partial charge in [-0.3, -0.25) is 14.4 Å². The standard InChI is InChI=1S/C13H22N2O5/c1-5-7(2)14-12(9(4)17)13(20)15-10(8(3)16)6-11(18)19/h9-10,12,14,17H,2,5-6H2,1,3-4H3,(H,15,20)(H,18,19)/t9?,10-,12-/m0/s1. The molecule has 0 rings (SSSR count). The molecule has 1 amide bonds. The van der Waals surface area contributed by atoms with E-state index in [-0.39, 0.29) is 0 Å². The van der Waals surface area contributed by atoms with Crippen LogP contribution in [0.25, 0.3) is 0 Å². The summed E-state index contributed by atoms with van der Waals surface area (Å²) in [6.07, 6.45) is -0.944. The first-order valence-corrected chi connectivity index (χ1v) is 6.34. The quantitative estimate of drug-likeness (QED) is 0.466. The molecule has 0 spiro atoms. The Hall–Kier alpha value is -1.89. The average molecular weight is 286 g/mol. The monoisotopic (exact) mass is 286 g/mol. The summed E-state index contributed by atoms with van der Waals surface area (Å²) >= 11 is 0. The van der Waals surface area contributed by atoms with E-state index in [0.717, 1.165) is 0 Å². The van der Waals surface area contributed by atoms with Crippen molar-refractivity contribution in [3.05, 3.63) is 12.3 Å². The minimum atomic E-state index is -1.19. The van der Waals surface area contributed by atoms with Crippen molar-refractivity contribution in [2.45, 2.75) is 51.8 Å². The van der Waals surface area contributed by atoms with Gasteiger partial charge in [-0.1, -0.05) is 13.5 Å². The molecule has 0 aromatic rings. The molecule has 0 fully saturated rings. The molecule has 0 aliphatic carbocycles. The predicted molar refractivity (Wildman–Crippen MR) is 72.9 cm³/mol. The number of aliphatic hydroxyl groups is 1. The minimum Gasteiger partial charge on any atom is -0.481 e. The van der Waals surface area contributed by atoms with E-state index in [4.69, 9.17) is 5.11 Å². The Morgan fingerprint density at radius 1 is 1.25 bits per heavy atom. The Kier molecular flexibility index (Phi) is 7.53. The van der Waals surface area contributed by atoms with Crippen LogP contribution >= 0.6 is 0 Å². The molecule has 114 valence electrons. The predicted octanol–water partition coefficient (Wildman–Crippen LogP) is -0.202. The lowest BCUT2D eigenvalue weighted by molar-refractivity contribution is -0.140. The summed E-state index contributed by atoms with van der Waals surface area (Å²) in [7, 11) is 0. The number of carboxylic acids is 1. The lowest BCUT2D eigenvalue weighted by Gasteiger charge is -2.24. The first-order chi connectivity index (χ1) is 9.18. The van der Waals surface area contributed by atoms with Crippen LogP contribution in [0.4, 0.5) is 0 Å². The lowest BCUT2D eigenvalue weighted by atomic mass is 10.1. The molecule has 0 bridgehead atoms. The second kappa shape index (κ2) is 8.31. The highest BCUT2D eigenvalue weighted by molar-refractivity contribution is 5.92. The Morgan fingerprint density at radius 2 is 1.80 bits per heavy atom. The fourth-order valence-electron chi connectivity index (χ4n) is 1.46. The molecular weight excluding hydrogens is 264 g/mol. The smallest absolute Gasteiger partial charge is 0.305 e. The van der Waals surface area contributed by atoms with Gasteiger partial charge in [-0.25, -0.2) is 0 Å². The fourth-order valence-corrected chi connectivity index (χ4v) is 1.46. The van der Waals surface area contributed by atoms with Crippen molar-refractivity contribution in [3.63, 3.8) is 0 Å². The number of amides is 1. The Labute approximate surface area is 118 Å². The van der Waals surface area contributed by atoms with Gasteiger partial charge in [0.25, 0.3) is 0 Å². The molecule has 0 radical (unpaired) electrons. The zero-order chi connectivity index (χ0) is 15.9. The molecule has 7 heteroatoms. The van der Waals surface area contributed by atoms with Crippen LogP contribution in [-0.4, -0.2) is 46.1 Å². The van der Waals surface area contributed by atoms with Gasteiger partial charge in [0, 0.05) is 5.70 Å². The van der Waals surface area contributed by atoms with E-state index >= 15 is 0 Å². The molecule has 20 heavy (non-hydrogen) atoms. The number of carbonyl (C=O) groups excluding carboxylic acids is 2.